The maximum absolute atomic E-state index is 12.7. The van der Waals surface area contributed by atoms with Gasteiger partial charge in [0.2, 0.25) is 0 Å². The second-order valence-corrected chi connectivity index (χ2v) is 5.55. The molecule has 1 aromatic carbocycles. The standard InChI is InChI=1S/C16H13F3N4/c17-16(18,19)11-5-3-10(4-6-11)14-15-13(2-1-7-21-15)23(22-14)12-8-20-9-12/h1-7,12,20H,8-9H2. The lowest BCUT2D eigenvalue weighted by atomic mass is 10.1. The first-order valence-electron chi connectivity index (χ1n) is 7.25. The molecule has 0 atom stereocenters. The molecule has 3 aromatic rings. The van der Waals surface area contributed by atoms with E-state index >= 15 is 0 Å². The molecule has 4 rings (SSSR count). The zero-order chi connectivity index (χ0) is 16.0. The van der Waals surface area contributed by atoms with E-state index < -0.39 is 11.7 Å². The van der Waals surface area contributed by atoms with Crippen molar-refractivity contribution in [3.8, 4) is 11.3 Å². The zero-order valence-corrected chi connectivity index (χ0v) is 12.0. The van der Waals surface area contributed by atoms with E-state index in [-0.39, 0.29) is 6.04 Å². The fourth-order valence-corrected chi connectivity index (χ4v) is 2.71. The summed E-state index contributed by atoms with van der Waals surface area (Å²) in [7, 11) is 0. The fraction of sp³-hybridized carbons (Fsp3) is 0.250. The van der Waals surface area contributed by atoms with Crippen LogP contribution >= 0.6 is 0 Å². The van der Waals surface area contributed by atoms with Gasteiger partial charge in [0.15, 0.2) is 0 Å². The van der Waals surface area contributed by atoms with Gasteiger partial charge in [0.05, 0.1) is 17.1 Å². The molecule has 1 fully saturated rings. The minimum absolute atomic E-state index is 0.255. The summed E-state index contributed by atoms with van der Waals surface area (Å²) in [5, 5.41) is 7.80. The van der Waals surface area contributed by atoms with Crippen molar-refractivity contribution in [3.05, 3.63) is 48.2 Å². The van der Waals surface area contributed by atoms with E-state index in [4.69, 9.17) is 0 Å². The van der Waals surface area contributed by atoms with E-state index in [0.29, 0.717) is 16.8 Å². The highest BCUT2D eigenvalue weighted by atomic mass is 19.4. The van der Waals surface area contributed by atoms with Gasteiger partial charge in [-0.05, 0) is 24.3 Å². The van der Waals surface area contributed by atoms with Crippen LogP contribution in [0.1, 0.15) is 11.6 Å². The molecule has 0 aliphatic carbocycles. The largest absolute Gasteiger partial charge is 0.416 e. The number of nitrogens with zero attached hydrogens (tertiary/aromatic N) is 3. The van der Waals surface area contributed by atoms with Gasteiger partial charge in [-0.1, -0.05) is 12.1 Å². The van der Waals surface area contributed by atoms with Gasteiger partial charge >= 0.3 is 6.18 Å². The molecule has 3 heterocycles. The second kappa shape index (κ2) is 5.06. The molecule has 0 radical (unpaired) electrons. The third kappa shape index (κ3) is 2.37. The van der Waals surface area contributed by atoms with Crippen LogP contribution in [0.5, 0.6) is 0 Å². The van der Waals surface area contributed by atoms with Gasteiger partial charge in [-0.3, -0.25) is 9.67 Å². The van der Waals surface area contributed by atoms with Crippen LogP contribution in [0.2, 0.25) is 0 Å². The Morgan fingerprint density at radius 2 is 1.83 bits per heavy atom. The van der Waals surface area contributed by atoms with Crippen molar-refractivity contribution < 1.29 is 13.2 Å². The second-order valence-electron chi connectivity index (χ2n) is 5.55. The highest BCUT2D eigenvalue weighted by Gasteiger charge is 2.30. The number of benzene rings is 1. The predicted molar refractivity (Wildman–Crippen MR) is 79.9 cm³/mol. The molecule has 4 nitrogen and oxygen atoms in total. The summed E-state index contributed by atoms with van der Waals surface area (Å²) in [4.78, 5) is 4.36. The van der Waals surface area contributed by atoms with E-state index in [1.165, 1.54) is 12.1 Å². The topological polar surface area (TPSA) is 42.7 Å². The van der Waals surface area contributed by atoms with Gasteiger partial charge in [0.25, 0.3) is 0 Å². The summed E-state index contributed by atoms with van der Waals surface area (Å²) >= 11 is 0. The van der Waals surface area contributed by atoms with Gasteiger partial charge in [-0.15, -0.1) is 0 Å². The Labute approximate surface area is 129 Å². The molecular formula is C16H13F3N4. The van der Waals surface area contributed by atoms with Gasteiger partial charge in [0, 0.05) is 24.8 Å². The first-order chi connectivity index (χ1) is 11.0. The van der Waals surface area contributed by atoms with E-state index in [1.54, 1.807) is 6.20 Å². The Balaban J connectivity index is 1.82. The average molecular weight is 318 g/mol. The first kappa shape index (κ1) is 14.2. The fourth-order valence-electron chi connectivity index (χ4n) is 2.71. The van der Waals surface area contributed by atoms with E-state index in [9.17, 15) is 13.2 Å². The van der Waals surface area contributed by atoms with Crippen LogP contribution < -0.4 is 5.32 Å². The third-order valence-electron chi connectivity index (χ3n) is 4.06. The summed E-state index contributed by atoms with van der Waals surface area (Å²) in [6.07, 6.45) is -2.67. The lowest BCUT2D eigenvalue weighted by molar-refractivity contribution is -0.137. The quantitative estimate of drug-likeness (QED) is 0.789. The normalized spacial score (nSPS) is 15.8. The van der Waals surface area contributed by atoms with Crippen LogP contribution in [0.15, 0.2) is 42.6 Å². The van der Waals surface area contributed by atoms with Gasteiger partial charge in [-0.25, -0.2) is 0 Å². The Morgan fingerprint density at radius 3 is 2.43 bits per heavy atom. The predicted octanol–water partition coefficient (Wildman–Crippen LogP) is 3.26. The van der Waals surface area contributed by atoms with Crippen molar-refractivity contribution >= 4 is 11.0 Å². The minimum atomic E-state index is -4.34. The maximum atomic E-state index is 12.7. The van der Waals surface area contributed by atoms with E-state index in [2.05, 4.69) is 15.4 Å². The molecule has 0 unspecified atom stereocenters. The number of rotatable bonds is 2. The molecule has 0 spiro atoms. The highest BCUT2D eigenvalue weighted by molar-refractivity contribution is 5.90. The molecule has 1 aliphatic heterocycles. The number of alkyl halides is 3. The molecule has 1 aliphatic rings. The van der Waals surface area contributed by atoms with Crippen LogP contribution in [0.4, 0.5) is 13.2 Å². The first-order valence-corrected chi connectivity index (χ1v) is 7.25. The number of aromatic nitrogens is 3. The minimum Gasteiger partial charge on any atom is -0.312 e. The van der Waals surface area contributed by atoms with Gasteiger partial charge in [-0.2, -0.15) is 18.3 Å². The van der Waals surface area contributed by atoms with Crippen LogP contribution in [-0.4, -0.2) is 27.9 Å². The van der Waals surface area contributed by atoms with Crippen molar-refractivity contribution in [3.63, 3.8) is 0 Å². The molecule has 23 heavy (non-hydrogen) atoms. The van der Waals surface area contributed by atoms with Crippen LogP contribution in [0.3, 0.4) is 0 Å². The van der Waals surface area contributed by atoms with Crippen molar-refractivity contribution in [2.24, 2.45) is 0 Å². The molecular weight excluding hydrogens is 305 g/mol. The summed E-state index contributed by atoms with van der Waals surface area (Å²) < 4.78 is 40.0. The zero-order valence-electron chi connectivity index (χ0n) is 12.0. The smallest absolute Gasteiger partial charge is 0.312 e. The van der Waals surface area contributed by atoms with Crippen molar-refractivity contribution in [2.45, 2.75) is 12.2 Å². The molecule has 1 N–H and O–H groups in total. The summed E-state index contributed by atoms with van der Waals surface area (Å²) in [5.74, 6) is 0. The Bertz CT molecular complexity index is 848. The Morgan fingerprint density at radius 1 is 1.09 bits per heavy atom. The molecule has 7 heteroatoms. The highest BCUT2D eigenvalue weighted by Crippen LogP contribution is 2.33. The number of hydrogen-bond acceptors (Lipinski definition) is 3. The summed E-state index contributed by atoms with van der Waals surface area (Å²) in [6.45, 7) is 1.66. The van der Waals surface area contributed by atoms with Gasteiger partial charge in [0.1, 0.15) is 11.2 Å². The average Bonchev–Trinajstić information content (AvgIpc) is 2.85. The summed E-state index contributed by atoms with van der Waals surface area (Å²) in [6, 6.07) is 9.07. The van der Waals surface area contributed by atoms with Crippen molar-refractivity contribution in [2.75, 3.05) is 13.1 Å². The third-order valence-corrected chi connectivity index (χ3v) is 4.06. The molecule has 0 bridgehead atoms. The molecule has 118 valence electrons. The van der Waals surface area contributed by atoms with Crippen molar-refractivity contribution in [1.82, 2.24) is 20.1 Å². The maximum Gasteiger partial charge on any atom is 0.416 e. The van der Waals surface area contributed by atoms with Gasteiger partial charge < -0.3 is 5.32 Å². The number of pyridine rings is 1. The molecule has 0 saturated carbocycles. The van der Waals surface area contributed by atoms with Crippen LogP contribution in [0.25, 0.3) is 22.3 Å². The van der Waals surface area contributed by atoms with E-state index in [0.717, 1.165) is 30.7 Å². The Hall–Kier alpha value is -2.41. The van der Waals surface area contributed by atoms with Crippen LogP contribution in [0, 0.1) is 0 Å². The Kier molecular flexibility index (Phi) is 3.12. The molecule has 2 aromatic heterocycles. The summed E-state index contributed by atoms with van der Waals surface area (Å²) in [5.41, 5.74) is 2.18. The van der Waals surface area contributed by atoms with Crippen molar-refractivity contribution in [1.29, 1.82) is 0 Å². The lowest BCUT2D eigenvalue weighted by Gasteiger charge is -2.27. The molecule has 1 saturated heterocycles. The SMILES string of the molecule is FC(F)(F)c1ccc(-c2nn(C3CNC3)c3cccnc23)cc1. The molecule has 0 amide bonds. The van der Waals surface area contributed by atoms with Crippen LogP contribution in [-0.2, 0) is 6.18 Å². The number of halogens is 3. The number of hydrogen-bond donors (Lipinski definition) is 1. The number of fused-ring (bicyclic) bond motifs is 1. The lowest BCUT2D eigenvalue weighted by Crippen LogP contribution is -2.43. The van der Waals surface area contributed by atoms with E-state index in [1.807, 2.05) is 16.8 Å². The number of nitrogens with one attached hydrogen (secondary N) is 1. The monoisotopic (exact) mass is 318 g/mol.